The summed E-state index contributed by atoms with van der Waals surface area (Å²) < 4.78 is 1.94. The molecule has 1 aliphatic carbocycles. The van der Waals surface area contributed by atoms with Gasteiger partial charge in [-0.1, -0.05) is 18.2 Å². The van der Waals surface area contributed by atoms with Crippen molar-refractivity contribution in [2.45, 2.75) is 18.4 Å². The number of benzene rings is 1. The first-order valence-corrected chi connectivity index (χ1v) is 5.18. The van der Waals surface area contributed by atoms with E-state index in [1.807, 2.05) is 47.3 Å². The number of para-hydroxylation sites is 1. The number of hydrogen-bond acceptors (Lipinski definition) is 2. The highest BCUT2D eigenvalue weighted by molar-refractivity contribution is 5.35. The van der Waals surface area contributed by atoms with Crippen LogP contribution in [0.15, 0.2) is 42.6 Å². The van der Waals surface area contributed by atoms with E-state index in [1.165, 1.54) is 0 Å². The average Bonchev–Trinajstić information content (AvgIpc) is 2.85. The van der Waals surface area contributed by atoms with Crippen LogP contribution >= 0.6 is 0 Å². The fraction of sp³-hybridized carbons (Fsp3) is 0.250. The molecule has 0 aliphatic heterocycles. The highest BCUT2D eigenvalue weighted by Crippen LogP contribution is 2.42. The zero-order valence-corrected chi connectivity index (χ0v) is 8.43. The minimum absolute atomic E-state index is 0.133. The molecule has 0 radical (unpaired) electrons. The Kier molecular flexibility index (Phi) is 1.70. The summed E-state index contributed by atoms with van der Waals surface area (Å²) in [5, 5.41) is 4.33. The molecule has 3 heteroatoms. The minimum Gasteiger partial charge on any atom is -0.320 e. The molecule has 3 rings (SSSR count). The summed E-state index contributed by atoms with van der Waals surface area (Å²) in [6, 6.07) is 12.1. The maximum absolute atomic E-state index is 6.19. The quantitative estimate of drug-likeness (QED) is 0.801. The lowest BCUT2D eigenvalue weighted by Crippen LogP contribution is -2.22. The van der Waals surface area contributed by atoms with Crippen molar-refractivity contribution in [3.05, 3.63) is 48.3 Å². The molecule has 0 atom stereocenters. The van der Waals surface area contributed by atoms with E-state index in [0.29, 0.717) is 0 Å². The number of nitrogens with zero attached hydrogens (tertiary/aromatic N) is 2. The molecule has 1 saturated carbocycles. The second kappa shape index (κ2) is 2.94. The standard InChI is InChI=1S/C12H13N3/c13-12(7-8-12)11-6-9-14-15(11)10-4-2-1-3-5-10/h1-6,9H,7-8,13H2. The third-order valence-electron chi connectivity index (χ3n) is 2.94. The minimum atomic E-state index is -0.133. The van der Waals surface area contributed by atoms with Crippen LogP contribution in [0.5, 0.6) is 0 Å². The maximum Gasteiger partial charge on any atom is 0.0649 e. The molecular weight excluding hydrogens is 186 g/mol. The van der Waals surface area contributed by atoms with Crippen LogP contribution in [0.2, 0.25) is 0 Å². The van der Waals surface area contributed by atoms with Crippen molar-refractivity contribution in [2.24, 2.45) is 5.73 Å². The fourth-order valence-corrected chi connectivity index (χ4v) is 1.85. The van der Waals surface area contributed by atoms with Crippen LogP contribution in [-0.2, 0) is 5.54 Å². The lowest BCUT2D eigenvalue weighted by Gasteiger charge is -2.12. The highest BCUT2D eigenvalue weighted by atomic mass is 15.3. The van der Waals surface area contributed by atoms with Crippen molar-refractivity contribution < 1.29 is 0 Å². The Morgan fingerprint density at radius 2 is 1.87 bits per heavy atom. The first-order chi connectivity index (χ1) is 7.30. The molecule has 0 saturated heterocycles. The Balaban J connectivity index is 2.10. The lowest BCUT2D eigenvalue weighted by atomic mass is 10.2. The molecule has 1 fully saturated rings. The van der Waals surface area contributed by atoms with Crippen LogP contribution in [0.3, 0.4) is 0 Å². The molecule has 2 aromatic rings. The second-order valence-corrected chi connectivity index (χ2v) is 4.12. The monoisotopic (exact) mass is 199 g/mol. The Bertz CT molecular complexity index is 469. The summed E-state index contributed by atoms with van der Waals surface area (Å²) in [6.45, 7) is 0. The van der Waals surface area contributed by atoms with E-state index in [-0.39, 0.29) is 5.54 Å². The molecule has 0 unspecified atom stereocenters. The summed E-state index contributed by atoms with van der Waals surface area (Å²) in [4.78, 5) is 0. The number of nitrogens with two attached hydrogens (primary N) is 1. The maximum atomic E-state index is 6.19. The summed E-state index contributed by atoms with van der Waals surface area (Å²) in [5.74, 6) is 0. The summed E-state index contributed by atoms with van der Waals surface area (Å²) >= 11 is 0. The van der Waals surface area contributed by atoms with Gasteiger partial charge in [0.2, 0.25) is 0 Å². The number of rotatable bonds is 2. The summed E-state index contributed by atoms with van der Waals surface area (Å²) in [7, 11) is 0. The van der Waals surface area contributed by atoms with Gasteiger partial charge in [-0.3, -0.25) is 0 Å². The SMILES string of the molecule is NC1(c2ccnn2-c2ccccc2)CC1. The van der Waals surface area contributed by atoms with Gasteiger partial charge in [-0.25, -0.2) is 4.68 Å². The molecular formula is C12H13N3. The van der Waals surface area contributed by atoms with Crippen LogP contribution in [-0.4, -0.2) is 9.78 Å². The largest absolute Gasteiger partial charge is 0.320 e. The van der Waals surface area contributed by atoms with E-state index >= 15 is 0 Å². The molecule has 2 N–H and O–H groups in total. The van der Waals surface area contributed by atoms with Crippen molar-refractivity contribution >= 4 is 0 Å². The van der Waals surface area contributed by atoms with Crippen LogP contribution in [0, 0.1) is 0 Å². The molecule has 0 spiro atoms. The van der Waals surface area contributed by atoms with Gasteiger partial charge in [0.05, 0.1) is 16.9 Å². The average molecular weight is 199 g/mol. The lowest BCUT2D eigenvalue weighted by molar-refractivity contribution is 0.657. The third-order valence-corrected chi connectivity index (χ3v) is 2.94. The van der Waals surface area contributed by atoms with Gasteiger partial charge >= 0.3 is 0 Å². The summed E-state index contributed by atoms with van der Waals surface area (Å²) in [5.41, 5.74) is 8.25. The van der Waals surface area contributed by atoms with Crippen LogP contribution < -0.4 is 5.73 Å². The molecule has 1 aromatic heterocycles. The molecule has 76 valence electrons. The van der Waals surface area contributed by atoms with Crippen LogP contribution in [0.4, 0.5) is 0 Å². The van der Waals surface area contributed by atoms with Crippen molar-refractivity contribution in [1.82, 2.24) is 9.78 Å². The van der Waals surface area contributed by atoms with Crippen LogP contribution in [0.1, 0.15) is 18.5 Å². The molecule has 0 bridgehead atoms. The topological polar surface area (TPSA) is 43.8 Å². The van der Waals surface area contributed by atoms with E-state index < -0.39 is 0 Å². The van der Waals surface area contributed by atoms with Crippen molar-refractivity contribution in [3.63, 3.8) is 0 Å². The molecule has 15 heavy (non-hydrogen) atoms. The highest BCUT2D eigenvalue weighted by Gasteiger charge is 2.42. The molecule has 1 heterocycles. The van der Waals surface area contributed by atoms with E-state index in [9.17, 15) is 0 Å². The van der Waals surface area contributed by atoms with Crippen LogP contribution in [0.25, 0.3) is 5.69 Å². The van der Waals surface area contributed by atoms with Crippen molar-refractivity contribution in [2.75, 3.05) is 0 Å². The first-order valence-electron chi connectivity index (χ1n) is 5.18. The second-order valence-electron chi connectivity index (χ2n) is 4.12. The van der Waals surface area contributed by atoms with Gasteiger partial charge in [0.25, 0.3) is 0 Å². The van der Waals surface area contributed by atoms with Gasteiger partial charge in [-0.05, 0) is 31.0 Å². The van der Waals surface area contributed by atoms with Crippen molar-refractivity contribution in [3.8, 4) is 5.69 Å². The summed E-state index contributed by atoms with van der Waals surface area (Å²) in [6.07, 6.45) is 3.94. The predicted molar refractivity (Wildman–Crippen MR) is 58.7 cm³/mol. The number of hydrogen-bond donors (Lipinski definition) is 1. The first kappa shape index (κ1) is 8.68. The predicted octanol–water partition coefficient (Wildman–Crippen LogP) is 1.82. The number of aromatic nitrogens is 2. The Morgan fingerprint density at radius 1 is 1.13 bits per heavy atom. The zero-order chi connectivity index (χ0) is 10.3. The van der Waals surface area contributed by atoms with Gasteiger partial charge < -0.3 is 5.73 Å². The third kappa shape index (κ3) is 1.36. The van der Waals surface area contributed by atoms with E-state index in [0.717, 1.165) is 24.2 Å². The fourth-order valence-electron chi connectivity index (χ4n) is 1.85. The van der Waals surface area contributed by atoms with Gasteiger partial charge in [0.1, 0.15) is 0 Å². The van der Waals surface area contributed by atoms with Gasteiger partial charge in [0, 0.05) is 6.20 Å². The normalized spacial score (nSPS) is 17.7. The smallest absolute Gasteiger partial charge is 0.0649 e. The molecule has 3 nitrogen and oxygen atoms in total. The Labute approximate surface area is 88.5 Å². The van der Waals surface area contributed by atoms with Gasteiger partial charge in [-0.2, -0.15) is 5.10 Å². The van der Waals surface area contributed by atoms with Gasteiger partial charge in [-0.15, -0.1) is 0 Å². The van der Waals surface area contributed by atoms with Gasteiger partial charge in [0.15, 0.2) is 0 Å². The van der Waals surface area contributed by atoms with E-state index in [1.54, 1.807) is 0 Å². The zero-order valence-electron chi connectivity index (χ0n) is 8.43. The Morgan fingerprint density at radius 3 is 2.53 bits per heavy atom. The van der Waals surface area contributed by atoms with E-state index in [2.05, 4.69) is 5.10 Å². The van der Waals surface area contributed by atoms with E-state index in [4.69, 9.17) is 5.73 Å². The molecule has 1 aromatic carbocycles. The molecule has 0 amide bonds. The Hall–Kier alpha value is -1.61. The molecule has 1 aliphatic rings. The van der Waals surface area contributed by atoms with Crippen molar-refractivity contribution in [1.29, 1.82) is 0 Å².